The summed E-state index contributed by atoms with van der Waals surface area (Å²) in [6, 6.07) is 27.3. The van der Waals surface area contributed by atoms with Crippen LogP contribution in [0.5, 0.6) is 0 Å². The van der Waals surface area contributed by atoms with Crippen LogP contribution in [0.1, 0.15) is 23.6 Å². The van der Waals surface area contributed by atoms with E-state index in [0.717, 1.165) is 23.6 Å². The minimum atomic E-state index is -0.421. The van der Waals surface area contributed by atoms with Crippen LogP contribution in [0, 0.1) is 13.8 Å². The number of hydrogen-bond acceptors (Lipinski definition) is 2. The Hall–Kier alpha value is -2.98. The number of aliphatic imine (C=N–C) groups is 1. The number of thiocarbonyl (C=S) groups is 1. The minimum absolute atomic E-state index is 0.421. The number of nitrogens with zero attached hydrogens (tertiary/aromatic N) is 2. The number of aryl methyl sites for hydroxylation is 2. The number of benzene rings is 3. The molecule has 0 amide bonds. The molecular formula is C25H25N3S. The van der Waals surface area contributed by atoms with Gasteiger partial charge in [0.05, 0.1) is 0 Å². The highest BCUT2D eigenvalue weighted by molar-refractivity contribution is 7.80. The van der Waals surface area contributed by atoms with Crippen LogP contribution in [-0.4, -0.2) is 16.5 Å². The minimum Gasteiger partial charge on any atom is -0.341 e. The van der Waals surface area contributed by atoms with E-state index >= 15 is 0 Å². The zero-order chi connectivity index (χ0) is 20.4. The third-order valence-corrected chi connectivity index (χ3v) is 5.76. The van der Waals surface area contributed by atoms with Crippen LogP contribution in [0.3, 0.4) is 0 Å². The van der Waals surface area contributed by atoms with Crippen molar-refractivity contribution < 1.29 is 0 Å². The highest BCUT2D eigenvalue weighted by Gasteiger charge is 2.45. The van der Waals surface area contributed by atoms with Gasteiger partial charge in [-0.2, -0.15) is 0 Å². The van der Waals surface area contributed by atoms with Gasteiger partial charge < -0.3 is 10.2 Å². The molecule has 1 aliphatic rings. The summed E-state index contributed by atoms with van der Waals surface area (Å²) in [6.07, 6.45) is 0.791. The lowest BCUT2D eigenvalue weighted by Crippen LogP contribution is -2.53. The summed E-state index contributed by atoms with van der Waals surface area (Å²) in [5.41, 5.74) is 5.34. The normalized spacial score (nSPS) is 18.7. The second kappa shape index (κ2) is 7.80. The molecule has 1 heterocycles. The summed E-state index contributed by atoms with van der Waals surface area (Å²) >= 11 is 5.75. The van der Waals surface area contributed by atoms with E-state index in [1.54, 1.807) is 0 Å². The topological polar surface area (TPSA) is 27.6 Å². The Kier molecular flexibility index (Phi) is 5.20. The lowest BCUT2D eigenvalue weighted by atomic mass is 9.89. The Morgan fingerprint density at radius 1 is 0.897 bits per heavy atom. The average Bonchev–Trinajstić information content (AvgIpc) is 2.95. The maximum Gasteiger partial charge on any atom is 0.202 e. The van der Waals surface area contributed by atoms with Gasteiger partial charge in [-0.25, -0.2) is 4.99 Å². The molecule has 4 rings (SSSR count). The van der Waals surface area contributed by atoms with Gasteiger partial charge in [-0.3, -0.25) is 0 Å². The maximum atomic E-state index is 5.75. The molecule has 0 aliphatic carbocycles. The Balaban J connectivity index is 1.76. The van der Waals surface area contributed by atoms with Crippen LogP contribution in [0.25, 0.3) is 0 Å². The molecule has 0 aromatic heterocycles. The molecule has 1 atom stereocenters. The zero-order valence-electron chi connectivity index (χ0n) is 17.0. The fraction of sp³-hybridized carbons (Fsp3) is 0.200. The van der Waals surface area contributed by atoms with Gasteiger partial charge in [0, 0.05) is 17.8 Å². The molecule has 0 bridgehead atoms. The Morgan fingerprint density at radius 2 is 1.55 bits per heavy atom. The summed E-state index contributed by atoms with van der Waals surface area (Å²) in [7, 11) is 0. The van der Waals surface area contributed by atoms with E-state index in [1.165, 1.54) is 16.7 Å². The van der Waals surface area contributed by atoms with Crippen molar-refractivity contribution in [3.8, 4) is 0 Å². The van der Waals surface area contributed by atoms with Crippen LogP contribution in [-0.2, 0) is 6.42 Å². The Morgan fingerprint density at radius 3 is 2.24 bits per heavy atom. The summed E-state index contributed by atoms with van der Waals surface area (Å²) in [4.78, 5) is 6.99. The van der Waals surface area contributed by atoms with E-state index in [9.17, 15) is 0 Å². The molecule has 0 fully saturated rings. The van der Waals surface area contributed by atoms with Gasteiger partial charge >= 0.3 is 0 Å². The van der Waals surface area contributed by atoms with E-state index in [4.69, 9.17) is 17.2 Å². The van der Waals surface area contributed by atoms with Gasteiger partial charge in [0.2, 0.25) is 5.11 Å². The van der Waals surface area contributed by atoms with Crippen LogP contribution in [0.4, 0.5) is 11.4 Å². The highest BCUT2D eigenvalue weighted by atomic mass is 32.1. The van der Waals surface area contributed by atoms with Crippen LogP contribution in [0.2, 0.25) is 0 Å². The van der Waals surface area contributed by atoms with Crippen molar-refractivity contribution in [1.29, 1.82) is 0 Å². The second-order valence-corrected chi connectivity index (χ2v) is 8.16. The number of amidine groups is 1. The second-order valence-electron chi connectivity index (χ2n) is 7.79. The first-order valence-corrected chi connectivity index (χ1v) is 10.2. The van der Waals surface area contributed by atoms with Gasteiger partial charge in [0.25, 0.3) is 0 Å². The maximum absolute atomic E-state index is 5.75. The van der Waals surface area contributed by atoms with Crippen LogP contribution in [0.15, 0.2) is 83.9 Å². The fourth-order valence-electron chi connectivity index (χ4n) is 3.83. The van der Waals surface area contributed by atoms with E-state index < -0.39 is 5.54 Å². The predicted molar refractivity (Wildman–Crippen MR) is 127 cm³/mol. The van der Waals surface area contributed by atoms with Crippen molar-refractivity contribution in [2.45, 2.75) is 32.7 Å². The molecule has 1 unspecified atom stereocenters. The van der Waals surface area contributed by atoms with Gasteiger partial charge in [0.1, 0.15) is 11.4 Å². The van der Waals surface area contributed by atoms with E-state index in [2.05, 4.69) is 91.7 Å². The van der Waals surface area contributed by atoms with Crippen molar-refractivity contribution in [3.63, 3.8) is 0 Å². The predicted octanol–water partition coefficient (Wildman–Crippen LogP) is 5.92. The molecule has 4 heteroatoms. The van der Waals surface area contributed by atoms with Crippen molar-refractivity contribution in [3.05, 3.63) is 95.6 Å². The van der Waals surface area contributed by atoms with Crippen molar-refractivity contribution in [2.75, 3.05) is 10.2 Å². The number of rotatable bonds is 4. The molecule has 1 aliphatic heterocycles. The number of anilines is 2. The van der Waals surface area contributed by atoms with Crippen molar-refractivity contribution >= 4 is 34.5 Å². The lowest BCUT2D eigenvalue weighted by Gasteiger charge is -2.37. The fourth-order valence-corrected chi connectivity index (χ4v) is 4.23. The monoisotopic (exact) mass is 399 g/mol. The molecule has 29 heavy (non-hydrogen) atoms. The Labute approximate surface area is 178 Å². The quantitative estimate of drug-likeness (QED) is 0.552. The van der Waals surface area contributed by atoms with E-state index in [-0.39, 0.29) is 0 Å². The molecular weight excluding hydrogens is 374 g/mol. The SMILES string of the molecule is Cc1ccc(N2C(=S)N=C(Nc3ccccc3C)C2(C)Cc2ccccc2)cc1. The molecule has 0 spiro atoms. The molecule has 1 N–H and O–H groups in total. The van der Waals surface area contributed by atoms with E-state index in [0.29, 0.717) is 5.11 Å². The molecule has 0 saturated carbocycles. The van der Waals surface area contributed by atoms with Crippen LogP contribution >= 0.6 is 12.2 Å². The third-order valence-electron chi connectivity index (χ3n) is 5.48. The first-order valence-electron chi connectivity index (χ1n) is 9.84. The van der Waals surface area contributed by atoms with Gasteiger partial charge in [0.15, 0.2) is 0 Å². The first-order chi connectivity index (χ1) is 14.0. The molecule has 3 aromatic rings. The summed E-state index contributed by atoms with van der Waals surface area (Å²) in [5, 5.41) is 4.17. The van der Waals surface area contributed by atoms with Crippen molar-refractivity contribution in [1.82, 2.24) is 0 Å². The number of nitrogens with one attached hydrogen (secondary N) is 1. The highest BCUT2D eigenvalue weighted by Crippen LogP contribution is 2.35. The number of hydrogen-bond donors (Lipinski definition) is 1. The molecule has 0 saturated heterocycles. The average molecular weight is 400 g/mol. The first kappa shape index (κ1) is 19.3. The summed E-state index contributed by atoms with van der Waals surface area (Å²) < 4.78 is 0. The molecule has 3 aromatic carbocycles. The van der Waals surface area contributed by atoms with Gasteiger partial charge in [-0.1, -0.05) is 66.2 Å². The zero-order valence-corrected chi connectivity index (χ0v) is 17.8. The standard InChI is InChI=1S/C25H25N3S/c1-18-13-15-21(16-14-18)28-24(29)27-23(26-22-12-8-7-9-19(22)2)25(28,3)17-20-10-5-4-6-11-20/h4-16H,17H2,1-3H3,(H,26,27,29). The van der Waals surface area contributed by atoms with Gasteiger partial charge in [-0.15, -0.1) is 0 Å². The van der Waals surface area contributed by atoms with Crippen molar-refractivity contribution in [2.24, 2.45) is 4.99 Å². The molecule has 3 nitrogen and oxygen atoms in total. The van der Waals surface area contributed by atoms with Gasteiger partial charge in [-0.05, 0) is 62.3 Å². The molecule has 146 valence electrons. The number of para-hydroxylation sites is 1. The lowest BCUT2D eigenvalue weighted by molar-refractivity contribution is 0.626. The third kappa shape index (κ3) is 3.81. The summed E-state index contributed by atoms with van der Waals surface area (Å²) in [5.74, 6) is 0.876. The Bertz CT molecular complexity index is 1060. The van der Waals surface area contributed by atoms with E-state index in [1.807, 2.05) is 18.2 Å². The largest absolute Gasteiger partial charge is 0.341 e. The van der Waals surface area contributed by atoms with Crippen LogP contribution < -0.4 is 10.2 Å². The molecule has 0 radical (unpaired) electrons. The summed E-state index contributed by atoms with van der Waals surface area (Å²) in [6.45, 7) is 6.41. The smallest absolute Gasteiger partial charge is 0.202 e.